The zero-order valence-electron chi connectivity index (χ0n) is 36.2. The van der Waals surface area contributed by atoms with Crippen LogP contribution in [0.15, 0.2) is 200 Å². The van der Waals surface area contributed by atoms with Crippen LogP contribution in [0.2, 0.25) is 0 Å². The van der Waals surface area contributed by atoms with Gasteiger partial charge in [0.2, 0.25) is 0 Å². The molecule has 0 saturated carbocycles. The normalized spacial score (nSPS) is 11.9. The molecule has 0 N–H and O–H groups in total. The third kappa shape index (κ3) is 7.77. The second-order valence-electron chi connectivity index (χ2n) is 16.7. The molecule has 0 bridgehead atoms. The monoisotopic (exact) mass is 1020 g/mol. The molecule has 1 atom stereocenters. The van der Waals surface area contributed by atoms with E-state index in [1.807, 2.05) is 24.4 Å². The molecule has 0 aliphatic carbocycles. The van der Waals surface area contributed by atoms with Crippen molar-refractivity contribution in [3.63, 3.8) is 0 Å². The minimum absolute atomic E-state index is 0. The van der Waals surface area contributed by atoms with Gasteiger partial charge in [-0.2, -0.15) is 18.2 Å². The number of ether oxygens (including phenoxy) is 1. The second-order valence-corrected chi connectivity index (χ2v) is 16.7. The maximum Gasteiger partial charge on any atom is 0.268 e. The third-order valence-electron chi connectivity index (χ3n) is 12.5. The molecule has 0 saturated heterocycles. The third-order valence-corrected chi connectivity index (χ3v) is 12.5. The Balaban J connectivity index is 0.00000498. The van der Waals surface area contributed by atoms with E-state index in [0.29, 0.717) is 23.3 Å². The van der Waals surface area contributed by atoms with Crippen molar-refractivity contribution in [1.82, 2.24) is 14.1 Å². The fraction of sp³-hybridized carbons (Fsp3) is 0.0847. The Morgan fingerprint density at radius 2 is 1.18 bits per heavy atom. The van der Waals surface area contributed by atoms with Crippen LogP contribution < -0.4 is 9.30 Å². The van der Waals surface area contributed by atoms with Crippen LogP contribution >= 0.6 is 0 Å². The van der Waals surface area contributed by atoms with Crippen LogP contribution in [0.4, 0.5) is 0 Å². The van der Waals surface area contributed by atoms with Crippen molar-refractivity contribution in [3.8, 4) is 62.1 Å². The fourth-order valence-corrected chi connectivity index (χ4v) is 8.89. The quantitative estimate of drug-likeness (QED) is 0.101. The minimum atomic E-state index is 0. The Morgan fingerprint density at radius 3 is 1.89 bits per heavy atom. The molecule has 6 heteroatoms. The van der Waals surface area contributed by atoms with Crippen molar-refractivity contribution in [3.05, 3.63) is 224 Å². The maximum absolute atomic E-state index is 6.68. The van der Waals surface area contributed by atoms with Gasteiger partial charge in [-0.05, 0) is 86.1 Å². The van der Waals surface area contributed by atoms with Crippen LogP contribution in [-0.2, 0) is 21.1 Å². The summed E-state index contributed by atoms with van der Waals surface area (Å²) in [7, 11) is 0. The number of hydrogen-bond acceptors (Lipinski definition) is 2. The van der Waals surface area contributed by atoms with Gasteiger partial charge in [0.1, 0.15) is 5.82 Å². The molecule has 3 heterocycles. The topological polar surface area (TPSA) is 35.9 Å². The molecule has 5 nitrogen and oxygen atoms in total. The van der Waals surface area contributed by atoms with Gasteiger partial charge in [-0.1, -0.05) is 166 Å². The number of nitrogens with zero attached hydrogens (tertiary/aromatic N) is 4. The summed E-state index contributed by atoms with van der Waals surface area (Å²) < 4.78 is 13.2. The molecule has 8 aromatic carbocycles. The number of benzene rings is 8. The molecule has 3 aromatic heterocycles. The predicted octanol–water partition coefficient (Wildman–Crippen LogP) is 14.4. The minimum Gasteiger partial charge on any atom is -0.510 e. The van der Waals surface area contributed by atoms with E-state index in [2.05, 4.69) is 229 Å². The number of fused-ring (bicyclic) bond motifs is 4. The van der Waals surface area contributed by atoms with Gasteiger partial charge in [0.05, 0.1) is 16.7 Å². The van der Waals surface area contributed by atoms with Crippen molar-refractivity contribution < 1.29 is 30.4 Å². The van der Waals surface area contributed by atoms with Gasteiger partial charge in [-0.25, -0.2) is 4.98 Å². The van der Waals surface area contributed by atoms with Gasteiger partial charge >= 0.3 is 0 Å². The van der Waals surface area contributed by atoms with Gasteiger partial charge in [-0.15, -0.1) is 29.7 Å². The van der Waals surface area contributed by atoms with E-state index in [9.17, 15) is 0 Å². The van der Waals surface area contributed by atoms with Crippen molar-refractivity contribution in [2.24, 2.45) is 5.92 Å². The van der Waals surface area contributed by atoms with Gasteiger partial charge in [0, 0.05) is 44.3 Å². The van der Waals surface area contributed by atoms with E-state index in [1.54, 1.807) is 0 Å². The van der Waals surface area contributed by atoms with E-state index in [0.717, 1.165) is 83.4 Å². The number of pyridine rings is 1. The van der Waals surface area contributed by atoms with Gasteiger partial charge in [0.25, 0.3) is 6.33 Å². The summed E-state index contributed by atoms with van der Waals surface area (Å²) in [6, 6.07) is 75.1. The van der Waals surface area contributed by atoms with Crippen LogP contribution in [0.25, 0.3) is 83.4 Å². The van der Waals surface area contributed by atoms with Crippen LogP contribution in [-0.4, -0.2) is 14.1 Å². The van der Waals surface area contributed by atoms with Gasteiger partial charge in [0.15, 0.2) is 0 Å². The summed E-state index contributed by atoms with van der Waals surface area (Å²) in [4.78, 5) is 4.89. The first-order valence-corrected chi connectivity index (χ1v) is 21.9. The number of rotatable bonds is 10. The van der Waals surface area contributed by atoms with Gasteiger partial charge in [-0.3, -0.25) is 4.57 Å². The number of imidazole rings is 1. The molecule has 0 amide bonds. The molecule has 0 spiro atoms. The Morgan fingerprint density at radius 1 is 0.538 bits per heavy atom. The zero-order valence-corrected chi connectivity index (χ0v) is 38.5. The fourth-order valence-electron chi connectivity index (χ4n) is 8.89. The first-order valence-electron chi connectivity index (χ1n) is 21.9. The summed E-state index contributed by atoms with van der Waals surface area (Å²) in [5, 5.41) is 2.23. The molecular formula is C59H44N4OPt-2. The molecule has 65 heavy (non-hydrogen) atoms. The summed E-state index contributed by atoms with van der Waals surface area (Å²) in [5.74, 6) is 2.91. The smallest absolute Gasteiger partial charge is 0.268 e. The first kappa shape index (κ1) is 41.7. The van der Waals surface area contributed by atoms with Crippen LogP contribution in [0.5, 0.6) is 11.5 Å². The Hall–Kier alpha value is -7.33. The molecule has 0 fully saturated rings. The van der Waals surface area contributed by atoms with Gasteiger partial charge < -0.3 is 13.9 Å². The van der Waals surface area contributed by atoms with Crippen LogP contribution in [0.1, 0.15) is 32.3 Å². The van der Waals surface area contributed by atoms with Crippen LogP contribution in [0.3, 0.4) is 0 Å². The summed E-state index contributed by atoms with van der Waals surface area (Å²) in [6.45, 7) is 6.80. The largest absolute Gasteiger partial charge is 0.510 e. The first-order chi connectivity index (χ1) is 31.5. The predicted molar refractivity (Wildman–Crippen MR) is 260 cm³/mol. The SMILES string of the molecule is CC(C)C(C)c1ccnc(-n2c3[c-]c(Oc4[c-]c(-n5[c-][n+](-c6c(-c7ccccc7)cccc6-c6ccccc6)c6cc(-c7ccccc7)ccc65)ccc4)ccc3c3ccccc32)c1.[Pt]. The zero-order chi connectivity index (χ0) is 43.1. The van der Waals surface area contributed by atoms with E-state index in [1.165, 1.54) is 5.56 Å². The van der Waals surface area contributed by atoms with Crippen molar-refractivity contribution in [1.29, 1.82) is 0 Å². The summed E-state index contributed by atoms with van der Waals surface area (Å²) in [5.41, 5.74) is 13.8. The molecule has 0 radical (unpaired) electrons. The van der Waals surface area contributed by atoms with Crippen molar-refractivity contribution in [2.75, 3.05) is 0 Å². The molecule has 11 aromatic rings. The molecule has 0 aliphatic heterocycles. The van der Waals surface area contributed by atoms with E-state index in [4.69, 9.17) is 9.72 Å². The molecule has 1 unspecified atom stereocenters. The number of hydrogen-bond donors (Lipinski definition) is 0. The van der Waals surface area contributed by atoms with Crippen molar-refractivity contribution >= 4 is 32.8 Å². The van der Waals surface area contributed by atoms with E-state index < -0.39 is 0 Å². The average molecular weight is 1020 g/mol. The maximum atomic E-state index is 6.68. The Bertz CT molecular complexity index is 3410. The Kier molecular flexibility index (Phi) is 11.3. The number of aromatic nitrogens is 4. The average Bonchev–Trinajstić information content (AvgIpc) is 3.90. The molecular weight excluding hydrogens is 976 g/mol. The summed E-state index contributed by atoms with van der Waals surface area (Å²) >= 11 is 0. The standard InChI is InChI=1S/C59H44N4O.Pt/c1-40(2)41(3)45-33-34-60-58(36-45)63-54-28-14-13-25-52(54)53-31-30-49(38-56(53)63)64-48-24-15-23-47(37-48)61-39-62(57-35-46(29-32-55(57)61)42-17-7-4-8-18-42)59-50(43-19-9-5-10-20-43)26-16-27-51(59)44-21-11-6-12-22-44;/h4-36,40-41H,1-3H3;/q-2;. The second kappa shape index (κ2) is 17.7. The van der Waals surface area contributed by atoms with E-state index in [-0.39, 0.29) is 21.1 Å². The van der Waals surface area contributed by atoms with Crippen LogP contribution in [0, 0.1) is 24.4 Å². The molecule has 0 aliphatic rings. The molecule has 318 valence electrons. The van der Waals surface area contributed by atoms with E-state index >= 15 is 0 Å². The molecule has 11 rings (SSSR count). The summed E-state index contributed by atoms with van der Waals surface area (Å²) in [6.07, 6.45) is 5.74. The Labute approximate surface area is 394 Å². The van der Waals surface area contributed by atoms with Crippen molar-refractivity contribution in [2.45, 2.75) is 26.7 Å². The number of para-hydroxylation sites is 2.